The smallest absolute Gasteiger partial charge is 0.320 e. The quantitative estimate of drug-likeness (QED) is 0.627. The van der Waals surface area contributed by atoms with Crippen molar-refractivity contribution in [2.45, 2.75) is 25.7 Å². The lowest BCUT2D eigenvalue weighted by Crippen LogP contribution is -2.35. The number of benzene rings is 2. The number of ketones is 1. The van der Waals surface area contributed by atoms with E-state index in [1.807, 2.05) is 60.7 Å². The molecule has 1 fully saturated rings. The maximum absolute atomic E-state index is 12.7. The van der Waals surface area contributed by atoms with Crippen LogP contribution in [0.3, 0.4) is 0 Å². The Morgan fingerprint density at radius 2 is 1.43 bits per heavy atom. The second kappa shape index (κ2) is 5.65. The maximum Gasteiger partial charge on any atom is 0.320 e. The Bertz CT molecular complexity index is 682. The van der Waals surface area contributed by atoms with Crippen molar-refractivity contribution in [2.24, 2.45) is 5.41 Å². The zero-order valence-corrected chi connectivity index (χ0v) is 13.4. The van der Waals surface area contributed by atoms with E-state index in [2.05, 4.69) is 0 Å². The van der Waals surface area contributed by atoms with Crippen LogP contribution in [0, 0.1) is 5.41 Å². The molecular weight excluding hydrogens is 288 g/mol. The van der Waals surface area contributed by atoms with Crippen LogP contribution in [0.5, 0.6) is 0 Å². The molecule has 2 aromatic carbocycles. The Morgan fingerprint density at radius 1 is 0.957 bits per heavy atom. The molecule has 2 aromatic rings. The van der Waals surface area contributed by atoms with Gasteiger partial charge in [0.2, 0.25) is 0 Å². The zero-order valence-electron chi connectivity index (χ0n) is 13.4. The van der Waals surface area contributed by atoms with Gasteiger partial charge in [0.1, 0.15) is 11.2 Å². The second-order valence-electron chi connectivity index (χ2n) is 6.00. The summed E-state index contributed by atoms with van der Waals surface area (Å²) in [7, 11) is 0. The third kappa shape index (κ3) is 2.11. The van der Waals surface area contributed by atoms with Crippen LogP contribution in [-0.4, -0.2) is 18.4 Å². The first-order valence-corrected chi connectivity index (χ1v) is 7.89. The van der Waals surface area contributed by atoms with E-state index >= 15 is 0 Å². The minimum atomic E-state index is -1.12. The SMILES string of the molecule is CCOC(=O)C1(C(C)=O)CC1(c1ccccc1)c1ccccc1. The van der Waals surface area contributed by atoms with Crippen molar-refractivity contribution in [1.29, 1.82) is 0 Å². The van der Waals surface area contributed by atoms with Gasteiger partial charge in [-0.3, -0.25) is 9.59 Å². The lowest BCUT2D eigenvalue weighted by Gasteiger charge is -2.24. The fourth-order valence-electron chi connectivity index (χ4n) is 3.73. The number of carbonyl (C=O) groups is 2. The molecular formula is C20H20O3. The van der Waals surface area contributed by atoms with Crippen molar-refractivity contribution in [3.8, 4) is 0 Å². The molecule has 1 atom stereocenters. The summed E-state index contributed by atoms with van der Waals surface area (Å²) in [6, 6.07) is 19.6. The fraction of sp³-hybridized carbons (Fsp3) is 0.300. The molecule has 0 bridgehead atoms. The summed E-state index contributed by atoms with van der Waals surface area (Å²) < 4.78 is 5.27. The molecule has 0 radical (unpaired) electrons. The van der Waals surface area contributed by atoms with Crippen LogP contribution < -0.4 is 0 Å². The molecule has 0 saturated heterocycles. The number of ether oxygens (including phenoxy) is 1. The van der Waals surface area contributed by atoms with Gasteiger partial charge in [-0.1, -0.05) is 60.7 Å². The van der Waals surface area contributed by atoms with Gasteiger partial charge < -0.3 is 4.74 Å². The molecule has 1 aliphatic rings. The number of Topliss-reactive ketones (excluding diaryl/α,β-unsaturated/α-hetero) is 1. The van der Waals surface area contributed by atoms with Gasteiger partial charge >= 0.3 is 5.97 Å². The molecule has 3 heteroatoms. The maximum atomic E-state index is 12.7. The van der Waals surface area contributed by atoms with Crippen LogP contribution in [0.1, 0.15) is 31.4 Å². The highest BCUT2D eigenvalue weighted by Gasteiger charge is 2.77. The van der Waals surface area contributed by atoms with Crippen molar-refractivity contribution in [1.82, 2.24) is 0 Å². The van der Waals surface area contributed by atoms with E-state index in [-0.39, 0.29) is 12.4 Å². The van der Waals surface area contributed by atoms with E-state index in [1.54, 1.807) is 6.92 Å². The number of carbonyl (C=O) groups excluding carboxylic acids is 2. The van der Waals surface area contributed by atoms with E-state index in [0.717, 1.165) is 11.1 Å². The van der Waals surface area contributed by atoms with Crippen LogP contribution in [0.15, 0.2) is 60.7 Å². The predicted molar refractivity (Wildman–Crippen MR) is 88.0 cm³/mol. The number of hydrogen-bond acceptors (Lipinski definition) is 3. The third-order valence-electron chi connectivity index (χ3n) is 4.89. The summed E-state index contributed by atoms with van der Waals surface area (Å²) in [6.07, 6.45) is 0.461. The first-order chi connectivity index (χ1) is 11.1. The van der Waals surface area contributed by atoms with E-state index in [0.29, 0.717) is 6.42 Å². The van der Waals surface area contributed by atoms with E-state index in [4.69, 9.17) is 4.74 Å². The van der Waals surface area contributed by atoms with Crippen LogP contribution in [0.4, 0.5) is 0 Å². The van der Waals surface area contributed by atoms with E-state index < -0.39 is 16.8 Å². The molecule has 118 valence electrons. The fourth-order valence-corrected chi connectivity index (χ4v) is 3.73. The monoisotopic (exact) mass is 308 g/mol. The topological polar surface area (TPSA) is 43.4 Å². The third-order valence-corrected chi connectivity index (χ3v) is 4.89. The highest BCUT2D eigenvalue weighted by molar-refractivity contribution is 6.10. The minimum absolute atomic E-state index is 0.136. The van der Waals surface area contributed by atoms with Gasteiger partial charge in [0.05, 0.1) is 6.61 Å². The van der Waals surface area contributed by atoms with Gasteiger partial charge in [0.15, 0.2) is 0 Å². The zero-order chi connectivity index (χ0) is 16.5. The van der Waals surface area contributed by atoms with Crippen molar-refractivity contribution >= 4 is 11.8 Å². The molecule has 1 saturated carbocycles. The average molecular weight is 308 g/mol. The molecule has 0 heterocycles. The van der Waals surface area contributed by atoms with Gasteiger partial charge in [-0.15, -0.1) is 0 Å². The minimum Gasteiger partial charge on any atom is -0.465 e. The second-order valence-corrected chi connectivity index (χ2v) is 6.00. The highest BCUT2D eigenvalue weighted by atomic mass is 16.5. The van der Waals surface area contributed by atoms with Gasteiger partial charge in [0.25, 0.3) is 0 Å². The summed E-state index contributed by atoms with van der Waals surface area (Å²) >= 11 is 0. The van der Waals surface area contributed by atoms with Crippen LogP contribution >= 0.6 is 0 Å². The van der Waals surface area contributed by atoms with Crippen molar-refractivity contribution < 1.29 is 14.3 Å². The van der Waals surface area contributed by atoms with Gasteiger partial charge in [-0.25, -0.2) is 0 Å². The predicted octanol–water partition coefficient (Wildman–Crippen LogP) is 3.51. The van der Waals surface area contributed by atoms with Crippen LogP contribution in [0.2, 0.25) is 0 Å². The molecule has 1 aliphatic carbocycles. The summed E-state index contributed by atoms with van der Waals surface area (Å²) in [5.74, 6) is -0.552. The first kappa shape index (κ1) is 15.5. The van der Waals surface area contributed by atoms with Crippen LogP contribution in [0.25, 0.3) is 0 Å². The highest BCUT2D eigenvalue weighted by Crippen LogP contribution is 2.69. The van der Waals surface area contributed by atoms with Gasteiger partial charge in [-0.2, -0.15) is 0 Å². The number of rotatable bonds is 5. The van der Waals surface area contributed by atoms with Crippen molar-refractivity contribution in [3.05, 3.63) is 71.8 Å². The molecule has 1 unspecified atom stereocenters. The molecule has 3 nitrogen and oxygen atoms in total. The number of hydrogen-bond donors (Lipinski definition) is 0. The first-order valence-electron chi connectivity index (χ1n) is 7.89. The average Bonchev–Trinajstić information content (AvgIpc) is 3.30. The standard InChI is InChI=1S/C20H20O3/c1-3-23-18(22)19(15(2)21)14-20(19,16-10-6-4-7-11-16)17-12-8-5-9-13-17/h4-13H,3,14H2,1-2H3. The lowest BCUT2D eigenvalue weighted by atomic mass is 9.78. The molecule has 0 aliphatic heterocycles. The molecule has 3 rings (SSSR count). The van der Waals surface area contributed by atoms with Crippen molar-refractivity contribution in [3.63, 3.8) is 0 Å². The summed E-state index contributed by atoms with van der Waals surface area (Å²) in [5, 5.41) is 0. The Balaban J connectivity index is 2.20. The molecule has 0 amide bonds. The molecule has 0 aromatic heterocycles. The summed E-state index contributed by atoms with van der Waals surface area (Å²) in [4.78, 5) is 25.2. The normalized spacial score (nSPS) is 21.5. The number of esters is 1. The Kier molecular flexibility index (Phi) is 3.80. The summed E-state index contributed by atoms with van der Waals surface area (Å²) in [5.41, 5.74) is 0.211. The van der Waals surface area contributed by atoms with E-state index in [9.17, 15) is 9.59 Å². The molecule has 0 spiro atoms. The Labute approximate surface area is 136 Å². The summed E-state index contributed by atoms with van der Waals surface area (Å²) in [6.45, 7) is 3.53. The Morgan fingerprint density at radius 3 is 1.83 bits per heavy atom. The molecule has 23 heavy (non-hydrogen) atoms. The largest absolute Gasteiger partial charge is 0.465 e. The molecule has 0 N–H and O–H groups in total. The van der Waals surface area contributed by atoms with Crippen molar-refractivity contribution in [2.75, 3.05) is 6.61 Å². The van der Waals surface area contributed by atoms with Gasteiger partial charge in [-0.05, 0) is 31.4 Å². The Hall–Kier alpha value is -2.42. The van der Waals surface area contributed by atoms with Crippen LogP contribution in [-0.2, 0) is 19.7 Å². The van der Waals surface area contributed by atoms with E-state index in [1.165, 1.54) is 6.92 Å². The van der Waals surface area contributed by atoms with Gasteiger partial charge in [0, 0.05) is 5.41 Å². The lowest BCUT2D eigenvalue weighted by molar-refractivity contribution is -0.153.